The Morgan fingerprint density at radius 1 is 1.11 bits per heavy atom. The van der Waals surface area contributed by atoms with Crippen molar-refractivity contribution in [1.29, 1.82) is 0 Å². The SMILES string of the molecule is Cn1ncc2c(NCc3nnc4n3CCCCC4)nc(-c3cccnc3)nc21. The molecule has 0 saturated carbocycles. The number of anilines is 1. The monoisotopic (exact) mass is 375 g/mol. The lowest BCUT2D eigenvalue weighted by Gasteiger charge is -2.10. The molecule has 4 aromatic rings. The van der Waals surface area contributed by atoms with Crippen molar-refractivity contribution in [3.05, 3.63) is 42.4 Å². The maximum Gasteiger partial charge on any atom is 0.165 e. The van der Waals surface area contributed by atoms with E-state index in [0.29, 0.717) is 12.4 Å². The van der Waals surface area contributed by atoms with E-state index in [0.717, 1.165) is 47.0 Å². The third-order valence-electron chi connectivity index (χ3n) is 5.11. The predicted octanol–water partition coefficient (Wildman–Crippen LogP) is 2.36. The quantitative estimate of drug-likeness (QED) is 0.584. The fourth-order valence-corrected chi connectivity index (χ4v) is 3.62. The van der Waals surface area contributed by atoms with E-state index in [-0.39, 0.29) is 0 Å². The van der Waals surface area contributed by atoms with Crippen LogP contribution >= 0.6 is 0 Å². The highest BCUT2D eigenvalue weighted by Crippen LogP contribution is 2.25. The summed E-state index contributed by atoms with van der Waals surface area (Å²) in [4.78, 5) is 13.6. The summed E-state index contributed by atoms with van der Waals surface area (Å²) in [6, 6.07) is 3.83. The van der Waals surface area contributed by atoms with Gasteiger partial charge in [-0.25, -0.2) is 9.97 Å². The Morgan fingerprint density at radius 3 is 2.96 bits per heavy atom. The summed E-state index contributed by atoms with van der Waals surface area (Å²) in [5, 5.41) is 17.4. The highest BCUT2D eigenvalue weighted by Gasteiger charge is 2.17. The summed E-state index contributed by atoms with van der Waals surface area (Å²) < 4.78 is 3.99. The van der Waals surface area contributed by atoms with Gasteiger partial charge in [0.1, 0.15) is 11.6 Å². The van der Waals surface area contributed by atoms with Gasteiger partial charge in [-0.1, -0.05) is 6.42 Å². The highest BCUT2D eigenvalue weighted by molar-refractivity contribution is 5.88. The maximum absolute atomic E-state index is 4.74. The molecule has 4 aromatic heterocycles. The molecule has 0 spiro atoms. The van der Waals surface area contributed by atoms with Gasteiger partial charge in [0, 0.05) is 38.0 Å². The van der Waals surface area contributed by atoms with E-state index >= 15 is 0 Å². The van der Waals surface area contributed by atoms with Crippen LogP contribution in [0.4, 0.5) is 5.82 Å². The van der Waals surface area contributed by atoms with Gasteiger partial charge in [0.2, 0.25) is 0 Å². The number of hydrogen-bond donors (Lipinski definition) is 1. The third kappa shape index (κ3) is 2.98. The minimum absolute atomic E-state index is 0.556. The molecule has 28 heavy (non-hydrogen) atoms. The van der Waals surface area contributed by atoms with Crippen LogP contribution in [0.3, 0.4) is 0 Å². The molecule has 0 bridgehead atoms. The first-order chi connectivity index (χ1) is 13.8. The molecule has 5 rings (SSSR count). The summed E-state index contributed by atoms with van der Waals surface area (Å²) in [7, 11) is 1.88. The van der Waals surface area contributed by atoms with Crippen molar-refractivity contribution >= 4 is 16.9 Å². The van der Waals surface area contributed by atoms with Gasteiger partial charge in [0.05, 0.1) is 18.1 Å². The lowest BCUT2D eigenvalue weighted by Crippen LogP contribution is -2.11. The lowest BCUT2D eigenvalue weighted by atomic mass is 10.2. The van der Waals surface area contributed by atoms with Crippen LogP contribution in [0.2, 0.25) is 0 Å². The summed E-state index contributed by atoms with van der Waals surface area (Å²) in [5.41, 5.74) is 1.64. The molecule has 0 unspecified atom stereocenters. The molecule has 1 aliphatic rings. The van der Waals surface area contributed by atoms with E-state index in [9.17, 15) is 0 Å². The van der Waals surface area contributed by atoms with Gasteiger partial charge in [-0.2, -0.15) is 5.10 Å². The summed E-state index contributed by atoms with van der Waals surface area (Å²) in [5.74, 6) is 3.38. The number of hydrogen-bond acceptors (Lipinski definition) is 7. The number of nitrogens with zero attached hydrogens (tertiary/aromatic N) is 8. The molecule has 0 aromatic carbocycles. The van der Waals surface area contributed by atoms with Crippen LogP contribution in [0.1, 0.15) is 30.9 Å². The minimum atomic E-state index is 0.556. The van der Waals surface area contributed by atoms with Crippen LogP contribution in [0.15, 0.2) is 30.7 Å². The number of aromatic nitrogens is 8. The van der Waals surface area contributed by atoms with E-state index in [1.54, 1.807) is 23.3 Å². The first kappa shape index (κ1) is 16.8. The first-order valence-corrected chi connectivity index (χ1v) is 9.54. The molecule has 9 heteroatoms. The Morgan fingerprint density at radius 2 is 2.07 bits per heavy atom. The molecule has 1 N–H and O–H groups in total. The van der Waals surface area contributed by atoms with Crippen LogP contribution in [0.5, 0.6) is 0 Å². The number of nitrogens with one attached hydrogen (secondary N) is 1. The Hall–Kier alpha value is -3.36. The van der Waals surface area contributed by atoms with Crippen LogP contribution in [0, 0.1) is 0 Å². The smallest absolute Gasteiger partial charge is 0.165 e. The van der Waals surface area contributed by atoms with Crippen molar-refractivity contribution < 1.29 is 0 Å². The summed E-state index contributed by atoms with van der Waals surface area (Å²) in [6.45, 7) is 1.53. The zero-order chi connectivity index (χ0) is 18.9. The first-order valence-electron chi connectivity index (χ1n) is 9.54. The molecule has 0 amide bonds. The molecule has 0 aliphatic carbocycles. The standard InChI is InChI=1S/C19H21N9/c1-27-19-14(11-22-27)18(23-17(24-19)13-6-5-8-20-10-13)21-12-16-26-25-15-7-3-2-4-9-28(15)16/h5-6,8,10-11H,2-4,7,9,12H2,1H3,(H,21,23,24). The van der Waals surface area contributed by atoms with Crippen molar-refractivity contribution in [2.24, 2.45) is 7.05 Å². The van der Waals surface area contributed by atoms with Gasteiger partial charge in [-0.05, 0) is 25.0 Å². The van der Waals surface area contributed by atoms with E-state index in [2.05, 4.69) is 35.1 Å². The minimum Gasteiger partial charge on any atom is -0.362 e. The lowest BCUT2D eigenvalue weighted by molar-refractivity contribution is 0.610. The second-order valence-electron chi connectivity index (χ2n) is 6.99. The highest BCUT2D eigenvalue weighted by atomic mass is 15.3. The number of fused-ring (bicyclic) bond motifs is 2. The van der Waals surface area contributed by atoms with E-state index in [1.165, 1.54) is 19.3 Å². The van der Waals surface area contributed by atoms with Crippen molar-refractivity contribution in [1.82, 2.24) is 39.5 Å². The third-order valence-corrected chi connectivity index (χ3v) is 5.11. The Labute approximate surface area is 161 Å². The average molecular weight is 375 g/mol. The molecule has 0 atom stereocenters. The Bertz CT molecular complexity index is 1110. The maximum atomic E-state index is 4.74. The topological polar surface area (TPSA) is 99.2 Å². The predicted molar refractivity (Wildman–Crippen MR) is 104 cm³/mol. The number of aryl methyl sites for hydroxylation is 2. The van der Waals surface area contributed by atoms with Crippen LogP contribution in [0.25, 0.3) is 22.4 Å². The molecule has 142 valence electrons. The van der Waals surface area contributed by atoms with Crippen molar-refractivity contribution in [3.63, 3.8) is 0 Å². The molecule has 9 nitrogen and oxygen atoms in total. The summed E-state index contributed by atoms with van der Waals surface area (Å²) >= 11 is 0. The van der Waals surface area contributed by atoms with Gasteiger partial charge < -0.3 is 9.88 Å². The average Bonchev–Trinajstić information content (AvgIpc) is 3.21. The van der Waals surface area contributed by atoms with E-state index in [1.807, 2.05) is 19.2 Å². The summed E-state index contributed by atoms with van der Waals surface area (Å²) in [6.07, 6.45) is 9.88. The molecule has 0 radical (unpaired) electrons. The second kappa shape index (κ2) is 6.99. The number of pyridine rings is 1. The van der Waals surface area contributed by atoms with Gasteiger partial charge in [-0.3, -0.25) is 9.67 Å². The fraction of sp³-hybridized carbons (Fsp3) is 0.368. The molecular formula is C19H21N9. The molecule has 0 fully saturated rings. The van der Waals surface area contributed by atoms with Gasteiger partial charge in [-0.15, -0.1) is 10.2 Å². The molecule has 5 heterocycles. The van der Waals surface area contributed by atoms with Crippen LogP contribution in [-0.4, -0.2) is 39.5 Å². The van der Waals surface area contributed by atoms with Crippen molar-refractivity contribution in [3.8, 4) is 11.4 Å². The van der Waals surface area contributed by atoms with Crippen molar-refractivity contribution in [2.45, 2.75) is 38.8 Å². The van der Waals surface area contributed by atoms with Crippen molar-refractivity contribution in [2.75, 3.05) is 5.32 Å². The van der Waals surface area contributed by atoms with Crippen LogP contribution < -0.4 is 5.32 Å². The Kier molecular flexibility index (Phi) is 4.19. The van der Waals surface area contributed by atoms with E-state index < -0.39 is 0 Å². The fourth-order valence-electron chi connectivity index (χ4n) is 3.62. The van der Waals surface area contributed by atoms with Gasteiger partial charge in [0.25, 0.3) is 0 Å². The van der Waals surface area contributed by atoms with Crippen LogP contribution in [-0.2, 0) is 26.6 Å². The van der Waals surface area contributed by atoms with Gasteiger partial charge >= 0.3 is 0 Å². The largest absolute Gasteiger partial charge is 0.362 e. The zero-order valence-corrected chi connectivity index (χ0v) is 15.7. The number of rotatable bonds is 4. The zero-order valence-electron chi connectivity index (χ0n) is 15.7. The Balaban J connectivity index is 1.50. The second-order valence-corrected chi connectivity index (χ2v) is 6.99. The normalized spacial score (nSPS) is 14.0. The van der Waals surface area contributed by atoms with E-state index in [4.69, 9.17) is 4.98 Å². The van der Waals surface area contributed by atoms with Gasteiger partial charge in [0.15, 0.2) is 17.3 Å². The molecule has 1 aliphatic heterocycles. The molecular weight excluding hydrogens is 354 g/mol. The molecule has 0 saturated heterocycles.